The maximum atomic E-state index is 4.85. The second-order valence-electron chi connectivity index (χ2n) is 1.61. The summed E-state index contributed by atoms with van der Waals surface area (Å²) in [5.41, 5.74) is 0. The molecule has 0 aliphatic rings. The molecule has 0 spiro atoms. The van der Waals surface area contributed by atoms with Crippen molar-refractivity contribution in [2.75, 3.05) is 0 Å². The van der Waals surface area contributed by atoms with Gasteiger partial charge < -0.3 is 4.52 Å². The highest BCUT2D eigenvalue weighted by Gasteiger charge is 1.86. The zero-order valence-electron chi connectivity index (χ0n) is 6.74. The van der Waals surface area contributed by atoms with Gasteiger partial charge in [-0.05, 0) is 24.3 Å². The number of rotatable bonds is 1. The van der Waals surface area contributed by atoms with E-state index in [1.165, 1.54) is 0 Å². The lowest BCUT2D eigenvalue weighted by Gasteiger charge is -1.96. The molecule has 0 aliphatic carbocycles. The van der Waals surface area contributed by atoms with Crippen LogP contribution in [-0.4, -0.2) is 0 Å². The normalized spacial score (nSPS) is 8.00. The van der Waals surface area contributed by atoms with E-state index in [0.717, 1.165) is 10.6 Å². The van der Waals surface area contributed by atoms with Crippen molar-refractivity contribution in [3.63, 3.8) is 0 Å². The molecule has 11 heavy (non-hydrogen) atoms. The van der Waals surface area contributed by atoms with Crippen LogP contribution in [0.2, 0.25) is 0 Å². The summed E-state index contributed by atoms with van der Waals surface area (Å²) in [6.07, 6.45) is 0. The van der Waals surface area contributed by atoms with Gasteiger partial charge in [0.15, 0.2) is 0 Å². The van der Waals surface area contributed by atoms with Gasteiger partial charge in [0.25, 0.3) is 0 Å². The molecule has 0 heterocycles. The average molecular weight is 188 g/mol. The Morgan fingerprint density at radius 1 is 1.18 bits per heavy atom. The van der Waals surface area contributed by atoms with Crippen LogP contribution in [0.4, 0.5) is 0 Å². The third-order valence-electron chi connectivity index (χ3n) is 0.973. The van der Waals surface area contributed by atoms with Gasteiger partial charge in [-0.25, -0.2) is 0 Å². The lowest BCUT2D eigenvalue weighted by atomic mass is 10.3. The Hall–Kier alpha value is -0.200. The van der Waals surface area contributed by atoms with Gasteiger partial charge >= 0.3 is 0 Å². The predicted molar refractivity (Wildman–Crippen MR) is 55.4 cm³/mol. The largest absolute Gasteiger partial charge is 0.480 e. The van der Waals surface area contributed by atoms with Gasteiger partial charge in [-0.15, -0.1) is 12.6 Å². The van der Waals surface area contributed by atoms with Crippen molar-refractivity contribution >= 4 is 22.1 Å². The third kappa shape index (κ3) is 4.28. The third-order valence-corrected chi connectivity index (χ3v) is 1.54. The van der Waals surface area contributed by atoms with E-state index >= 15 is 0 Å². The first-order valence-electron chi connectivity index (χ1n) is 3.48. The molecule has 3 heteroatoms. The van der Waals surface area contributed by atoms with Crippen molar-refractivity contribution in [1.82, 2.24) is 0 Å². The lowest BCUT2D eigenvalue weighted by molar-refractivity contribution is 0.645. The van der Waals surface area contributed by atoms with Crippen molar-refractivity contribution in [2.45, 2.75) is 18.7 Å². The van der Waals surface area contributed by atoms with Crippen molar-refractivity contribution in [2.24, 2.45) is 0 Å². The van der Waals surface area contributed by atoms with Gasteiger partial charge in [-0.1, -0.05) is 13.8 Å². The van der Waals surface area contributed by atoms with Crippen molar-refractivity contribution < 1.29 is 4.52 Å². The molecule has 0 saturated carbocycles. The number of benzene rings is 1. The summed E-state index contributed by atoms with van der Waals surface area (Å²) >= 11 is 4.11. The molecular weight excluding hydrogens is 175 g/mol. The molecule has 0 bridgehead atoms. The zero-order chi connectivity index (χ0) is 8.69. The van der Waals surface area contributed by atoms with Gasteiger partial charge in [0, 0.05) is 4.90 Å². The van der Waals surface area contributed by atoms with Crippen LogP contribution >= 0.6 is 22.1 Å². The minimum Gasteiger partial charge on any atom is -0.480 e. The van der Waals surface area contributed by atoms with Crippen LogP contribution in [-0.2, 0) is 0 Å². The first-order valence-corrected chi connectivity index (χ1v) is 4.40. The number of hydrogen-bond acceptors (Lipinski definition) is 2. The fourth-order valence-corrected chi connectivity index (χ4v) is 0.831. The van der Waals surface area contributed by atoms with E-state index in [9.17, 15) is 0 Å². The molecule has 0 aliphatic heterocycles. The Kier molecular flexibility index (Phi) is 6.39. The fourth-order valence-electron chi connectivity index (χ4n) is 0.525. The second kappa shape index (κ2) is 6.51. The van der Waals surface area contributed by atoms with Crippen LogP contribution < -0.4 is 4.52 Å². The first kappa shape index (κ1) is 10.8. The lowest BCUT2D eigenvalue weighted by Crippen LogP contribution is -1.71. The summed E-state index contributed by atoms with van der Waals surface area (Å²) in [4.78, 5) is 0.945. The predicted octanol–water partition coefficient (Wildman–Crippen LogP) is 3.17. The summed E-state index contributed by atoms with van der Waals surface area (Å²) in [6.45, 7) is 4.00. The van der Waals surface area contributed by atoms with E-state index in [-0.39, 0.29) is 0 Å². The van der Waals surface area contributed by atoms with Crippen LogP contribution in [0.1, 0.15) is 13.8 Å². The topological polar surface area (TPSA) is 9.23 Å². The Bertz CT molecular complexity index is 186. The molecular formula is C8H13OPS. The summed E-state index contributed by atoms with van der Waals surface area (Å²) in [6, 6.07) is 7.47. The van der Waals surface area contributed by atoms with Crippen molar-refractivity contribution in [3.8, 4) is 5.75 Å². The smallest absolute Gasteiger partial charge is 0.122 e. The summed E-state index contributed by atoms with van der Waals surface area (Å²) in [5.74, 6) is 0.831. The quantitative estimate of drug-likeness (QED) is 0.526. The number of hydrogen-bond donors (Lipinski definition) is 1. The van der Waals surface area contributed by atoms with Gasteiger partial charge in [0.1, 0.15) is 5.75 Å². The van der Waals surface area contributed by atoms with E-state index in [1.54, 1.807) is 0 Å². The van der Waals surface area contributed by atoms with E-state index in [2.05, 4.69) is 22.1 Å². The maximum absolute atomic E-state index is 4.85. The first-order chi connectivity index (χ1) is 5.33. The highest BCUT2D eigenvalue weighted by molar-refractivity contribution is 7.80. The molecule has 0 fully saturated rings. The maximum Gasteiger partial charge on any atom is 0.122 e. The molecule has 1 unspecified atom stereocenters. The SMILES string of the molecule is CC.POc1ccc(S)cc1. The van der Waals surface area contributed by atoms with Gasteiger partial charge in [0.2, 0.25) is 0 Å². The molecule has 0 saturated heterocycles. The Labute approximate surface area is 75.9 Å². The van der Waals surface area contributed by atoms with Gasteiger partial charge in [-0.2, -0.15) is 0 Å². The van der Waals surface area contributed by atoms with Gasteiger partial charge in [0.05, 0.1) is 9.47 Å². The fraction of sp³-hybridized carbons (Fsp3) is 0.250. The molecule has 1 aromatic carbocycles. The molecule has 0 amide bonds. The van der Waals surface area contributed by atoms with Crippen LogP contribution in [0.3, 0.4) is 0 Å². The molecule has 0 radical (unpaired) electrons. The molecule has 62 valence electrons. The van der Waals surface area contributed by atoms with Crippen LogP contribution in [0.5, 0.6) is 5.75 Å². The highest BCUT2D eigenvalue weighted by atomic mass is 32.1. The molecule has 0 N–H and O–H groups in total. The molecule has 0 aromatic heterocycles. The standard InChI is InChI=1S/C6H7OPS.C2H6/c8-7-5-1-3-6(9)4-2-5;1-2/h1-4,9H,8H2;1-2H3. The van der Waals surface area contributed by atoms with Crippen LogP contribution in [0.15, 0.2) is 29.2 Å². The van der Waals surface area contributed by atoms with Crippen LogP contribution in [0, 0.1) is 0 Å². The second-order valence-corrected chi connectivity index (χ2v) is 2.36. The van der Waals surface area contributed by atoms with Crippen molar-refractivity contribution in [3.05, 3.63) is 24.3 Å². The molecule has 1 atom stereocenters. The summed E-state index contributed by atoms with van der Waals surface area (Å²) in [7, 11) is 2.18. The Morgan fingerprint density at radius 3 is 2.00 bits per heavy atom. The molecule has 1 aromatic rings. The zero-order valence-corrected chi connectivity index (χ0v) is 8.79. The van der Waals surface area contributed by atoms with E-state index in [4.69, 9.17) is 4.52 Å². The van der Waals surface area contributed by atoms with E-state index in [1.807, 2.05) is 38.1 Å². The molecule has 1 nitrogen and oxygen atoms in total. The van der Waals surface area contributed by atoms with E-state index < -0.39 is 0 Å². The Morgan fingerprint density at radius 2 is 1.64 bits per heavy atom. The number of thiol groups is 1. The monoisotopic (exact) mass is 188 g/mol. The Balaban J connectivity index is 0.000000461. The minimum absolute atomic E-state index is 0.831. The van der Waals surface area contributed by atoms with Gasteiger partial charge in [-0.3, -0.25) is 0 Å². The van der Waals surface area contributed by atoms with Crippen molar-refractivity contribution in [1.29, 1.82) is 0 Å². The summed E-state index contributed by atoms with van der Waals surface area (Å²) < 4.78 is 4.85. The highest BCUT2D eigenvalue weighted by Crippen LogP contribution is 2.15. The summed E-state index contributed by atoms with van der Waals surface area (Å²) in [5, 5.41) is 0. The van der Waals surface area contributed by atoms with Crippen LogP contribution in [0.25, 0.3) is 0 Å². The average Bonchev–Trinajstić information content (AvgIpc) is 2.10. The minimum atomic E-state index is 0.831. The molecule has 1 rings (SSSR count). The van der Waals surface area contributed by atoms with E-state index in [0.29, 0.717) is 0 Å².